The van der Waals surface area contributed by atoms with Gasteiger partial charge in [-0.05, 0) is 43.9 Å². The van der Waals surface area contributed by atoms with Gasteiger partial charge < -0.3 is 5.32 Å². The first-order chi connectivity index (χ1) is 10.3. The fourth-order valence-electron chi connectivity index (χ4n) is 3.93. The molecule has 0 spiro atoms. The molecule has 2 saturated heterocycles. The molecule has 4 rings (SSSR count). The van der Waals surface area contributed by atoms with E-state index < -0.39 is 0 Å². The van der Waals surface area contributed by atoms with Crippen molar-refractivity contribution < 1.29 is 0 Å². The second kappa shape index (κ2) is 7.80. The number of nitrogens with one attached hydrogen (secondary N) is 1. The highest BCUT2D eigenvalue weighted by Gasteiger charge is 2.29. The SMILES string of the molecule is Cc1cc(CN2CCC3CCC(C2)N3)c2ccccc2n1.Cl.Cl. The summed E-state index contributed by atoms with van der Waals surface area (Å²) in [5, 5.41) is 5.07. The molecular formula is C18H25Cl2N3. The number of fused-ring (bicyclic) bond motifs is 3. The number of hydrogen-bond donors (Lipinski definition) is 1. The van der Waals surface area contributed by atoms with Crippen molar-refractivity contribution in [2.24, 2.45) is 0 Å². The molecule has 2 fully saturated rings. The maximum atomic E-state index is 4.66. The van der Waals surface area contributed by atoms with E-state index in [1.807, 2.05) is 0 Å². The summed E-state index contributed by atoms with van der Waals surface area (Å²) in [6.07, 6.45) is 4.01. The molecule has 2 bridgehead atoms. The molecule has 1 aromatic carbocycles. The van der Waals surface area contributed by atoms with Crippen LogP contribution in [0, 0.1) is 6.92 Å². The molecule has 2 aliphatic heterocycles. The lowest BCUT2D eigenvalue weighted by atomic mass is 10.0. The molecule has 2 unspecified atom stereocenters. The molecule has 1 N–H and O–H groups in total. The number of hydrogen-bond acceptors (Lipinski definition) is 3. The lowest BCUT2D eigenvalue weighted by Crippen LogP contribution is -2.35. The van der Waals surface area contributed by atoms with Crippen LogP contribution in [0.25, 0.3) is 10.9 Å². The highest BCUT2D eigenvalue weighted by molar-refractivity contribution is 5.85. The van der Waals surface area contributed by atoms with Gasteiger partial charge in [0.25, 0.3) is 0 Å². The second-order valence-corrected chi connectivity index (χ2v) is 6.60. The van der Waals surface area contributed by atoms with E-state index >= 15 is 0 Å². The van der Waals surface area contributed by atoms with E-state index in [0.29, 0.717) is 6.04 Å². The number of para-hydroxylation sites is 1. The fourth-order valence-corrected chi connectivity index (χ4v) is 3.93. The zero-order chi connectivity index (χ0) is 14.2. The second-order valence-electron chi connectivity index (χ2n) is 6.60. The van der Waals surface area contributed by atoms with Gasteiger partial charge in [0.2, 0.25) is 0 Å². The van der Waals surface area contributed by atoms with Gasteiger partial charge in [-0.3, -0.25) is 9.88 Å². The first kappa shape index (κ1) is 18.5. The molecule has 3 heterocycles. The Morgan fingerprint density at radius 2 is 1.91 bits per heavy atom. The Morgan fingerprint density at radius 1 is 1.13 bits per heavy atom. The van der Waals surface area contributed by atoms with E-state index in [1.54, 1.807) is 0 Å². The van der Waals surface area contributed by atoms with Crippen LogP contribution < -0.4 is 5.32 Å². The summed E-state index contributed by atoms with van der Waals surface area (Å²) < 4.78 is 0. The van der Waals surface area contributed by atoms with Gasteiger partial charge in [-0.2, -0.15) is 0 Å². The summed E-state index contributed by atoms with van der Waals surface area (Å²) >= 11 is 0. The minimum Gasteiger partial charge on any atom is -0.310 e. The number of likely N-dealkylation sites (tertiary alicyclic amines) is 1. The van der Waals surface area contributed by atoms with Crippen molar-refractivity contribution in [2.75, 3.05) is 13.1 Å². The third-order valence-corrected chi connectivity index (χ3v) is 4.93. The number of halogens is 2. The van der Waals surface area contributed by atoms with Crippen molar-refractivity contribution in [3.8, 4) is 0 Å². The summed E-state index contributed by atoms with van der Waals surface area (Å²) in [4.78, 5) is 7.28. The molecule has 126 valence electrons. The number of nitrogens with zero attached hydrogens (tertiary/aromatic N) is 2. The zero-order valence-electron chi connectivity index (χ0n) is 13.5. The molecular weight excluding hydrogens is 329 g/mol. The molecule has 2 aliphatic rings. The Kier molecular flexibility index (Phi) is 6.26. The zero-order valence-corrected chi connectivity index (χ0v) is 15.1. The number of aromatic nitrogens is 1. The van der Waals surface area contributed by atoms with Gasteiger partial charge in [0.15, 0.2) is 0 Å². The average molecular weight is 354 g/mol. The molecule has 0 amide bonds. The van der Waals surface area contributed by atoms with Gasteiger partial charge in [-0.1, -0.05) is 18.2 Å². The van der Waals surface area contributed by atoms with Gasteiger partial charge >= 0.3 is 0 Å². The van der Waals surface area contributed by atoms with Gasteiger partial charge in [0.1, 0.15) is 0 Å². The molecule has 5 heteroatoms. The summed E-state index contributed by atoms with van der Waals surface area (Å²) in [6, 6.07) is 12.3. The third kappa shape index (κ3) is 3.97. The molecule has 1 aromatic heterocycles. The van der Waals surface area contributed by atoms with E-state index in [2.05, 4.69) is 52.5 Å². The van der Waals surface area contributed by atoms with Crippen molar-refractivity contribution in [3.05, 3.63) is 41.6 Å². The number of benzene rings is 1. The Labute approximate surface area is 150 Å². The molecule has 2 atom stereocenters. The van der Waals surface area contributed by atoms with Crippen LogP contribution in [0.4, 0.5) is 0 Å². The molecule has 2 aromatic rings. The van der Waals surface area contributed by atoms with Gasteiger partial charge in [-0.15, -0.1) is 24.8 Å². The van der Waals surface area contributed by atoms with E-state index in [4.69, 9.17) is 0 Å². The number of rotatable bonds is 2. The number of aryl methyl sites for hydroxylation is 1. The normalized spacial score (nSPS) is 23.9. The fraction of sp³-hybridized carbons (Fsp3) is 0.500. The Balaban J connectivity index is 0.000000960. The number of pyridine rings is 1. The van der Waals surface area contributed by atoms with Crippen molar-refractivity contribution >= 4 is 35.7 Å². The minimum atomic E-state index is 0. The van der Waals surface area contributed by atoms with Crippen LogP contribution in [0.2, 0.25) is 0 Å². The maximum absolute atomic E-state index is 4.66. The maximum Gasteiger partial charge on any atom is 0.0708 e. The van der Waals surface area contributed by atoms with Crippen LogP contribution >= 0.6 is 24.8 Å². The first-order valence-corrected chi connectivity index (χ1v) is 8.11. The Hall–Kier alpha value is -0.870. The van der Waals surface area contributed by atoms with Crippen LogP contribution in [-0.2, 0) is 6.54 Å². The standard InChI is InChI=1S/C18H23N3.2ClH/c1-13-10-14(17-4-2-3-5-18(17)19-13)11-21-9-8-15-6-7-16(12-21)20-15;;/h2-5,10,15-16,20H,6-9,11-12H2,1H3;2*1H. The van der Waals surface area contributed by atoms with Crippen LogP contribution in [0.3, 0.4) is 0 Å². The predicted octanol–water partition coefficient (Wildman–Crippen LogP) is 3.71. The van der Waals surface area contributed by atoms with Crippen molar-refractivity contribution in [3.63, 3.8) is 0 Å². The molecule has 0 aliphatic carbocycles. The van der Waals surface area contributed by atoms with Gasteiger partial charge in [-0.25, -0.2) is 0 Å². The van der Waals surface area contributed by atoms with Crippen molar-refractivity contribution in [2.45, 2.75) is 44.8 Å². The Bertz CT molecular complexity index is 662. The molecule has 23 heavy (non-hydrogen) atoms. The van der Waals surface area contributed by atoms with Crippen LogP contribution in [-0.4, -0.2) is 35.1 Å². The van der Waals surface area contributed by atoms with Gasteiger partial charge in [0, 0.05) is 42.8 Å². The van der Waals surface area contributed by atoms with Crippen LogP contribution in [0.15, 0.2) is 30.3 Å². The average Bonchev–Trinajstić information content (AvgIpc) is 2.81. The quantitative estimate of drug-likeness (QED) is 0.891. The monoisotopic (exact) mass is 353 g/mol. The summed E-state index contributed by atoms with van der Waals surface area (Å²) in [6.45, 7) is 5.55. The van der Waals surface area contributed by atoms with E-state index in [-0.39, 0.29) is 24.8 Å². The van der Waals surface area contributed by atoms with Crippen molar-refractivity contribution in [1.82, 2.24) is 15.2 Å². The topological polar surface area (TPSA) is 28.2 Å². The summed E-state index contributed by atoms with van der Waals surface area (Å²) in [7, 11) is 0. The summed E-state index contributed by atoms with van der Waals surface area (Å²) in [5.41, 5.74) is 3.68. The summed E-state index contributed by atoms with van der Waals surface area (Å²) in [5.74, 6) is 0. The molecule has 0 radical (unpaired) electrons. The van der Waals surface area contributed by atoms with E-state index in [1.165, 1.54) is 43.3 Å². The van der Waals surface area contributed by atoms with Crippen LogP contribution in [0.5, 0.6) is 0 Å². The van der Waals surface area contributed by atoms with Crippen molar-refractivity contribution in [1.29, 1.82) is 0 Å². The lowest BCUT2D eigenvalue weighted by Gasteiger charge is -2.24. The highest BCUT2D eigenvalue weighted by Crippen LogP contribution is 2.24. The highest BCUT2D eigenvalue weighted by atomic mass is 35.5. The molecule has 3 nitrogen and oxygen atoms in total. The predicted molar refractivity (Wildman–Crippen MR) is 101 cm³/mol. The van der Waals surface area contributed by atoms with E-state index in [0.717, 1.165) is 23.8 Å². The lowest BCUT2D eigenvalue weighted by molar-refractivity contribution is 0.251. The smallest absolute Gasteiger partial charge is 0.0708 e. The largest absolute Gasteiger partial charge is 0.310 e. The minimum absolute atomic E-state index is 0. The Morgan fingerprint density at radius 3 is 2.78 bits per heavy atom. The van der Waals surface area contributed by atoms with Crippen LogP contribution in [0.1, 0.15) is 30.5 Å². The first-order valence-electron chi connectivity index (χ1n) is 8.11. The molecule has 0 saturated carbocycles. The van der Waals surface area contributed by atoms with Gasteiger partial charge in [0.05, 0.1) is 5.52 Å². The van der Waals surface area contributed by atoms with E-state index in [9.17, 15) is 0 Å². The third-order valence-electron chi connectivity index (χ3n) is 4.93.